The van der Waals surface area contributed by atoms with E-state index in [1.807, 2.05) is 102 Å². The van der Waals surface area contributed by atoms with Gasteiger partial charge in [-0.05, 0) is 81.7 Å². The number of ether oxygens (including phenoxy) is 3. The molecule has 16 heteroatoms. The minimum Gasteiger partial charge on any atom is -0.480 e. The third-order valence-electron chi connectivity index (χ3n) is 12.8. The largest absolute Gasteiger partial charge is 0.480 e. The van der Waals surface area contributed by atoms with E-state index in [1.165, 1.54) is 14.2 Å². The van der Waals surface area contributed by atoms with Gasteiger partial charge in [-0.1, -0.05) is 97.4 Å². The number of nitrogens with one attached hydrogen (secondary N) is 3. The molecule has 2 aromatic carbocycles. The number of hydrogen-bond acceptors (Lipinski definition) is 10. The molecular weight excluding hydrogens is 857 g/mol. The van der Waals surface area contributed by atoms with Crippen LogP contribution in [-0.4, -0.2) is 138 Å². The average Bonchev–Trinajstić information content (AvgIpc) is 3.74. The minimum absolute atomic E-state index is 0.0534. The number of carboxylic acid groups (broad SMARTS) is 1. The maximum Gasteiger partial charge on any atom is 0.412 e. The van der Waals surface area contributed by atoms with Crippen molar-refractivity contribution in [2.45, 2.75) is 156 Å². The highest BCUT2D eigenvalue weighted by molar-refractivity contribution is 5.90. The molecule has 0 saturated carbocycles. The Hall–Kier alpha value is -5.06. The Bertz CT molecular complexity index is 1940. The van der Waals surface area contributed by atoms with Gasteiger partial charge in [0, 0.05) is 46.5 Å². The van der Waals surface area contributed by atoms with Crippen molar-refractivity contribution in [2.75, 3.05) is 40.2 Å². The van der Waals surface area contributed by atoms with Gasteiger partial charge in [0.25, 0.3) is 0 Å². The van der Waals surface area contributed by atoms with Crippen LogP contribution in [0.3, 0.4) is 0 Å². The molecule has 2 aromatic rings. The molecule has 1 heterocycles. The zero-order valence-corrected chi connectivity index (χ0v) is 42.5. The first kappa shape index (κ1) is 56.3. The number of amides is 5. The number of hydrogen-bond donors (Lipinski definition) is 4. The zero-order valence-electron chi connectivity index (χ0n) is 42.5. The number of nitrogens with zero attached hydrogens (tertiary/aromatic N) is 3. The molecule has 0 radical (unpaired) electrons. The maximum atomic E-state index is 14.7. The molecule has 1 aliphatic heterocycles. The van der Waals surface area contributed by atoms with Gasteiger partial charge in [-0.15, -0.1) is 0 Å². The summed E-state index contributed by atoms with van der Waals surface area (Å²) in [7, 11) is 6.57. The monoisotopic (exact) mass is 937 g/mol. The van der Waals surface area contributed by atoms with Crippen LogP contribution in [0.1, 0.15) is 106 Å². The first-order valence-electron chi connectivity index (χ1n) is 23.7. The van der Waals surface area contributed by atoms with E-state index in [4.69, 9.17) is 14.2 Å². The molecule has 1 aliphatic rings. The van der Waals surface area contributed by atoms with E-state index in [-0.39, 0.29) is 48.3 Å². The van der Waals surface area contributed by atoms with E-state index in [1.54, 1.807) is 50.6 Å². The summed E-state index contributed by atoms with van der Waals surface area (Å²) in [6.45, 7) is 19.6. The Kier molecular flexibility index (Phi) is 21.8. The number of anilines is 1. The van der Waals surface area contributed by atoms with E-state index >= 15 is 0 Å². The van der Waals surface area contributed by atoms with Crippen molar-refractivity contribution in [2.24, 2.45) is 23.7 Å². The molecule has 0 aliphatic carbocycles. The summed E-state index contributed by atoms with van der Waals surface area (Å²) in [4.78, 5) is 86.8. The number of likely N-dealkylation sites (N-methyl/N-ethyl adjacent to an activating group) is 2. The van der Waals surface area contributed by atoms with Gasteiger partial charge in [-0.3, -0.25) is 29.4 Å². The van der Waals surface area contributed by atoms with E-state index in [0.717, 1.165) is 11.1 Å². The molecule has 374 valence electrons. The van der Waals surface area contributed by atoms with E-state index in [2.05, 4.69) is 16.0 Å². The fourth-order valence-electron chi connectivity index (χ4n) is 9.20. The summed E-state index contributed by atoms with van der Waals surface area (Å²) in [6, 6.07) is 12.8. The van der Waals surface area contributed by atoms with Crippen molar-refractivity contribution in [1.82, 2.24) is 25.3 Å². The van der Waals surface area contributed by atoms with Crippen LogP contribution in [0.4, 0.5) is 10.5 Å². The van der Waals surface area contributed by atoms with Crippen LogP contribution in [0, 0.1) is 23.7 Å². The topological polar surface area (TPSA) is 196 Å². The fourth-order valence-corrected chi connectivity index (χ4v) is 9.20. The normalized spacial score (nSPS) is 17.7. The number of aliphatic carboxylic acids is 1. The van der Waals surface area contributed by atoms with Crippen LogP contribution in [-0.2, 0) is 51.1 Å². The van der Waals surface area contributed by atoms with E-state index in [9.17, 15) is 33.9 Å². The molecule has 8 unspecified atom stereocenters. The van der Waals surface area contributed by atoms with Gasteiger partial charge in [0.2, 0.25) is 23.6 Å². The van der Waals surface area contributed by atoms with Crippen LogP contribution in [0.2, 0.25) is 0 Å². The Labute approximate surface area is 399 Å². The van der Waals surface area contributed by atoms with Crippen molar-refractivity contribution in [3.05, 3.63) is 65.7 Å². The lowest BCUT2D eigenvalue weighted by atomic mass is 9.89. The fraction of sp³-hybridized carbons (Fsp3) is 0.647. The predicted molar refractivity (Wildman–Crippen MR) is 259 cm³/mol. The Morgan fingerprint density at radius 3 is 2.04 bits per heavy atom. The zero-order chi connectivity index (χ0) is 50.3. The first-order chi connectivity index (χ1) is 31.4. The molecule has 1 saturated heterocycles. The number of benzene rings is 2. The highest BCUT2D eigenvalue weighted by atomic mass is 16.6. The summed E-state index contributed by atoms with van der Waals surface area (Å²) in [6.07, 6.45) is 0.000466. The maximum absolute atomic E-state index is 14.7. The van der Waals surface area contributed by atoms with Gasteiger partial charge in [-0.25, -0.2) is 9.59 Å². The average molecular weight is 937 g/mol. The SMILES string of the molecule is CCC(C)C(C(CC(=O)N1CCC[C@H]1C(OC)C(C)C(=O)NC(Cc1ccccc1)C(=O)O)OC)N(C)C(=O)C(NC(=O)C(C(C)C)N(C)Cc1cccc(NC(=O)OC(C)(C)C)c1)C(C)C. The van der Waals surface area contributed by atoms with Gasteiger partial charge in [-0.2, -0.15) is 0 Å². The smallest absolute Gasteiger partial charge is 0.412 e. The van der Waals surface area contributed by atoms with Crippen LogP contribution in [0.15, 0.2) is 54.6 Å². The van der Waals surface area contributed by atoms with Crippen LogP contribution >= 0.6 is 0 Å². The second kappa shape index (κ2) is 25.9. The summed E-state index contributed by atoms with van der Waals surface area (Å²) in [5.74, 6) is -3.76. The van der Waals surface area contributed by atoms with Crippen molar-refractivity contribution in [3.8, 4) is 0 Å². The van der Waals surface area contributed by atoms with Crippen molar-refractivity contribution in [1.29, 1.82) is 0 Å². The summed E-state index contributed by atoms with van der Waals surface area (Å²) >= 11 is 0. The lowest BCUT2D eigenvalue weighted by molar-refractivity contribution is -0.148. The number of methoxy groups -OCH3 is 2. The number of likely N-dealkylation sites (tertiary alicyclic amines) is 1. The quantitative estimate of drug-likeness (QED) is 0.0915. The Morgan fingerprint density at radius 2 is 1.49 bits per heavy atom. The van der Waals surface area contributed by atoms with E-state index in [0.29, 0.717) is 38.0 Å². The molecule has 4 N–H and O–H groups in total. The number of carboxylic acids is 1. The van der Waals surface area contributed by atoms with Crippen molar-refractivity contribution >= 4 is 41.4 Å². The van der Waals surface area contributed by atoms with Crippen LogP contribution < -0.4 is 16.0 Å². The molecule has 0 aromatic heterocycles. The van der Waals surface area contributed by atoms with E-state index < -0.39 is 71.9 Å². The van der Waals surface area contributed by atoms with Crippen LogP contribution in [0.5, 0.6) is 0 Å². The molecule has 3 rings (SSSR count). The highest BCUT2D eigenvalue weighted by Crippen LogP contribution is 2.30. The van der Waals surface area contributed by atoms with Gasteiger partial charge >= 0.3 is 12.1 Å². The van der Waals surface area contributed by atoms with Gasteiger partial charge in [0.15, 0.2) is 0 Å². The highest BCUT2D eigenvalue weighted by Gasteiger charge is 2.43. The second-order valence-electron chi connectivity index (χ2n) is 19.8. The third-order valence-corrected chi connectivity index (χ3v) is 12.8. The Morgan fingerprint density at radius 1 is 0.851 bits per heavy atom. The molecule has 1 fully saturated rings. The van der Waals surface area contributed by atoms with Crippen molar-refractivity contribution < 1.29 is 48.1 Å². The lowest BCUT2D eigenvalue weighted by Gasteiger charge is -2.41. The standard InChI is InChI=1S/C51H80N6O10/c1-15-33(6)44(40(65-13)29-41(58)57-26-20-25-39(57)45(66-14)34(7)46(59)53-38(49(62)63)28-35-21-17-16-18-22-35)56(12)48(61)42(31(2)3)54-47(60)43(32(4)5)55(11)30-36-23-19-24-37(27-36)52-50(64)67-51(8,9)10/h16-19,21-24,27,31-34,38-40,42-45H,15,20,25-26,28-30H2,1-14H3,(H,52,64)(H,53,59)(H,54,60)(H,62,63)/t33?,34?,38?,39-,40?,42?,43?,44?,45?/m0/s1. The summed E-state index contributed by atoms with van der Waals surface area (Å²) in [5, 5.41) is 18.5. The molecule has 9 atom stereocenters. The lowest BCUT2D eigenvalue weighted by Crippen LogP contribution is -2.60. The molecule has 5 amide bonds. The number of rotatable bonds is 24. The van der Waals surface area contributed by atoms with Gasteiger partial charge < -0.3 is 39.8 Å². The summed E-state index contributed by atoms with van der Waals surface area (Å²) in [5.41, 5.74) is 1.55. The molecule has 16 nitrogen and oxygen atoms in total. The van der Waals surface area contributed by atoms with Gasteiger partial charge in [0.1, 0.15) is 17.7 Å². The Balaban J connectivity index is 1.77. The molecule has 0 bridgehead atoms. The minimum atomic E-state index is -1.15. The molecule has 67 heavy (non-hydrogen) atoms. The predicted octanol–water partition coefficient (Wildman–Crippen LogP) is 6.36. The third kappa shape index (κ3) is 16.3. The molecular formula is C51H80N6O10. The van der Waals surface area contributed by atoms with Gasteiger partial charge in [0.05, 0.1) is 42.7 Å². The number of carbonyl (C=O) groups excluding carboxylic acids is 5. The van der Waals surface area contributed by atoms with Crippen LogP contribution in [0.25, 0.3) is 0 Å². The summed E-state index contributed by atoms with van der Waals surface area (Å²) < 4.78 is 17.4. The first-order valence-corrected chi connectivity index (χ1v) is 23.7. The second-order valence-corrected chi connectivity index (χ2v) is 19.8. The number of carbonyl (C=O) groups is 6. The molecule has 0 spiro atoms. The van der Waals surface area contributed by atoms with Crippen molar-refractivity contribution in [3.63, 3.8) is 0 Å².